The normalized spacial score (nSPS) is 12.0. The Kier molecular flexibility index (Phi) is 9.46. The predicted molar refractivity (Wildman–Crippen MR) is 119 cm³/mol. The minimum Gasteiger partial charge on any atom is -0.282 e. The van der Waals surface area contributed by atoms with Gasteiger partial charge in [-0.3, -0.25) is 4.55 Å². The third-order valence-corrected chi connectivity index (χ3v) is 6.32. The van der Waals surface area contributed by atoms with Crippen LogP contribution in [0.5, 0.6) is 0 Å². The smallest absolute Gasteiger partial charge is 0.282 e. The Hall–Kier alpha value is -1.39. The molecule has 1 N–H and O–H groups in total. The molecule has 0 saturated heterocycles. The van der Waals surface area contributed by atoms with E-state index in [1.165, 1.54) is 50.5 Å². The Morgan fingerprint density at radius 3 is 1.96 bits per heavy atom. The van der Waals surface area contributed by atoms with Crippen LogP contribution < -0.4 is 0 Å². The standard InChI is InChI=1S/C24H36O3S/c1-3-5-7-9-11-13-20-15-16-24-21(14-12-10-8-6-4-2)18-23(28(25,26)27)19-22(24)17-20/h15-19H,3-14H2,1-2H3,(H,25,26,27). The lowest BCUT2D eigenvalue weighted by molar-refractivity contribution is 0.483. The van der Waals surface area contributed by atoms with Gasteiger partial charge in [0, 0.05) is 0 Å². The van der Waals surface area contributed by atoms with Gasteiger partial charge in [0.2, 0.25) is 0 Å². The predicted octanol–water partition coefficient (Wildman–Crippen LogP) is 7.11. The summed E-state index contributed by atoms with van der Waals surface area (Å²) in [5, 5.41) is 2.03. The molecule has 0 saturated carbocycles. The number of unbranched alkanes of at least 4 members (excludes halogenated alkanes) is 8. The third kappa shape index (κ3) is 7.21. The zero-order chi connectivity index (χ0) is 20.4. The molecule has 0 aliphatic heterocycles. The van der Waals surface area contributed by atoms with Gasteiger partial charge >= 0.3 is 0 Å². The van der Waals surface area contributed by atoms with Gasteiger partial charge in [-0.15, -0.1) is 0 Å². The van der Waals surface area contributed by atoms with E-state index in [1.54, 1.807) is 12.1 Å². The fraction of sp³-hybridized carbons (Fsp3) is 0.583. The van der Waals surface area contributed by atoms with E-state index in [0.717, 1.165) is 48.4 Å². The summed E-state index contributed by atoms with van der Waals surface area (Å²) >= 11 is 0. The molecule has 0 bridgehead atoms. The monoisotopic (exact) mass is 404 g/mol. The molecule has 0 aromatic heterocycles. The van der Waals surface area contributed by atoms with Gasteiger partial charge in [-0.25, -0.2) is 0 Å². The number of aryl methyl sites for hydroxylation is 2. The molecule has 156 valence electrons. The first kappa shape index (κ1) is 22.9. The van der Waals surface area contributed by atoms with Crippen molar-refractivity contribution in [1.29, 1.82) is 0 Å². The van der Waals surface area contributed by atoms with Crippen molar-refractivity contribution >= 4 is 20.9 Å². The summed E-state index contributed by atoms with van der Waals surface area (Å²) in [7, 11) is -4.20. The lowest BCUT2D eigenvalue weighted by atomic mass is 9.96. The van der Waals surface area contributed by atoms with Gasteiger partial charge < -0.3 is 0 Å². The number of rotatable bonds is 13. The van der Waals surface area contributed by atoms with Crippen molar-refractivity contribution in [2.75, 3.05) is 0 Å². The second-order valence-electron chi connectivity index (χ2n) is 7.94. The Bertz CT molecular complexity index is 840. The van der Waals surface area contributed by atoms with E-state index in [4.69, 9.17) is 0 Å². The summed E-state index contributed by atoms with van der Waals surface area (Å²) in [4.78, 5) is 0.0173. The maximum atomic E-state index is 11.8. The van der Waals surface area contributed by atoms with E-state index < -0.39 is 10.1 Å². The highest BCUT2D eigenvalue weighted by molar-refractivity contribution is 7.85. The second-order valence-corrected chi connectivity index (χ2v) is 9.36. The zero-order valence-corrected chi connectivity index (χ0v) is 18.4. The zero-order valence-electron chi connectivity index (χ0n) is 17.5. The fourth-order valence-electron chi connectivity index (χ4n) is 3.83. The van der Waals surface area contributed by atoms with E-state index >= 15 is 0 Å². The average molecular weight is 405 g/mol. The Morgan fingerprint density at radius 2 is 1.36 bits per heavy atom. The summed E-state index contributed by atoms with van der Waals surface area (Å²) in [6.45, 7) is 4.42. The van der Waals surface area contributed by atoms with Gasteiger partial charge in [-0.05, 0) is 59.7 Å². The van der Waals surface area contributed by atoms with Crippen LogP contribution in [0.1, 0.15) is 89.2 Å². The van der Waals surface area contributed by atoms with E-state index in [0.29, 0.717) is 0 Å². The Balaban J connectivity index is 2.19. The quantitative estimate of drug-likeness (QED) is 0.286. The van der Waals surface area contributed by atoms with Gasteiger partial charge in [0.25, 0.3) is 10.1 Å². The highest BCUT2D eigenvalue weighted by Gasteiger charge is 2.14. The largest absolute Gasteiger partial charge is 0.294 e. The van der Waals surface area contributed by atoms with Crippen LogP contribution in [-0.2, 0) is 23.0 Å². The van der Waals surface area contributed by atoms with Crippen LogP contribution in [0.2, 0.25) is 0 Å². The molecule has 28 heavy (non-hydrogen) atoms. The summed E-state index contributed by atoms with van der Waals surface area (Å²) in [5.74, 6) is 0. The number of fused-ring (bicyclic) bond motifs is 1. The van der Waals surface area contributed by atoms with E-state index in [-0.39, 0.29) is 4.90 Å². The Morgan fingerprint density at radius 1 is 0.750 bits per heavy atom. The fourth-order valence-corrected chi connectivity index (χ4v) is 4.40. The molecule has 2 aromatic rings. The Labute approximate surface area is 171 Å². The van der Waals surface area contributed by atoms with Crippen molar-refractivity contribution in [3.8, 4) is 0 Å². The van der Waals surface area contributed by atoms with Gasteiger partial charge in [0.1, 0.15) is 0 Å². The van der Waals surface area contributed by atoms with Crippen molar-refractivity contribution < 1.29 is 13.0 Å². The molecule has 0 radical (unpaired) electrons. The molecule has 0 unspecified atom stereocenters. The van der Waals surface area contributed by atoms with Crippen molar-refractivity contribution in [2.45, 2.75) is 95.8 Å². The van der Waals surface area contributed by atoms with Crippen LogP contribution in [0.3, 0.4) is 0 Å². The van der Waals surface area contributed by atoms with E-state index in [2.05, 4.69) is 32.0 Å². The van der Waals surface area contributed by atoms with Crippen molar-refractivity contribution in [3.63, 3.8) is 0 Å². The minimum atomic E-state index is -4.20. The van der Waals surface area contributed by atoms with Crippen molar-refractivity contribution in [2.24, 2.45) is 0 Å². The summed E-state index contributed by atoms with van der Waals surface area (Å²) in [6.07, 6.45) is 13.9. The van der Waals surface area contributed by atoms with E-state index in [9.17, 15) is 13.0 Å². The van der Waals surface area contributed by atoms with Crippen molar-refractivity contribution in [3.05, 3.63) is 41.5 Å². The number of benzene rings is 2. The van der Waals surface area contributed by atoms with Crippen LogP contribution in [0, 0.1) is 0 Å². The highest BCUT2D eigenvalue weighted by atomic mass is 32.2. The number of hydrogen-bond donors (Lipinski definition) is 1. The molecular formula is C24H36O3S. The number of hydrogen-bond acceptors (Lipinski definition) is 2. The molecule has 0 aliphatic carbocycles. The first-order valence-corrected chi connectivity index (χ1v) is 12.4. The molecule has 0 atom stereocenters. The van der Waals surface area contributed by atoms with E-state index in [1.807, 2.05) is 0 Å². The third-order valence-electron chi connectivity index (χ3n) is 5.49. The van der Waals surface area contributed by atoms with Crippen LogP contribution >= 0.6 is 0 Å². The molecule has 4 heteroatoms. The lowest BCUT2D eigenvalue weighted by Crippen LogP contribution is -2.01. The minimum absolute atomic E-state index is 0.0173. The van der Waals surface area contributed by atoms with Gasteiger partial charge in [0.05, 0.1) is 4.90 Å². The van der Waals surface area contributed by atoms with Crippen LogP contribution in [0.4, 0.5) is 0 Å². The topological polar surface area (TPSA) is 54.4 Å². The molecule has 2 rings (SSSR count). The molecule has 0 fully saturated rings. The van der Waals surface area contributed by atoms with Crippen LogP contribution in [-0.4, -0.2) is 13.0 Å². The van der Waals surface area contributed by atoms with Crippen molar-refractivity contribution in [1.82, 2.24) is 0 Å². The maximum absolute atomic E-state index is 11.8. The molecular weight excluding hydrogens is 368 g/mol. The molecule has 0 heterocycles. The van der Waals surface area contributed by atoms with Gasteiger partial charge in [-0.1, -0.05) is 83.4 Å². The molecule has 2 aromatic carbocycles. The van der Waals surface area contributed by atoms with Gasteiger partial charge in [-0.2, -0.15) is 8.42 Å². The van der Waals surface area contributed by atoms with Gasteiger partial charge in [0.15, 0.2) is 0 Å². The van der Waals surface area contributed by atoms with Crippen LogP contribution in [0.15, 0.2) is 35.2 Å². The molecule has 3 nitrogen and oxygen atoms in total. The molecule has 0 aliphatic rings. The first-order valence-electron chi connectivity index (χ1n) is 11.0. The average Bonchev–Trinajstić information content (AvgIpc) is 2.66. The molecule has 0 amide bonds. The first-order chi connectivity index (χ1) is 13.5. The maximum Gasteiger partial charge on any atom is 0.294 e. The van der Waals surface area contributed by atoms with Crippen LogP contribution in [0.25, 0.3) is 10.8 Å². The molecule has 0 spiro atoms. The SMILES string of the molecule is CCCCCCCc1ccc2c(CCCCCCC)cc(S(=O)(=O)O)cc2c1. The highest BCUT2D eigenvalue weighted by Crippen LogP contribution is 2.27. The summed E-state index contributed by atoms with van der Waals surface area (Å²) in [5.41, 5.74) is 2.27. The summed E-state index contributed by atoms with van der Waals surface area (Å²) in [6, 6.07) is 9.68. The second kappa shape index (κ2) is 11.6. The summed E-state index contributed by atoms with van der Waals surface area (Å²) < 4.78 is 33.1. The lowest BCUT2D eigenvalue weighted by Gasteiger charge is -2.11.